The zero-order valence-corrected chi connectivity index (χ0v) is 11.9. The van der Waals surface area contributed by atoms with Crippen LogP contribution in [0.2, 0.25) is 0 Å². The number of hydrogen-bond acceptors (Lipinski definition) is 7. The maximum atomic E-state index is 11.0. The third-order valence-electron chi connectivity index (χ3n) is 2.65. The van der Waals surface area contributed by atoms with E-state index >= 15 is 0 Å². The molecule has 1 aromatic carbocycles. The molecule has 0 spiro atoms. The number of ether oxygens (including phenoxy) is 1. The van der Waals surface area contributed by atoms with Crippen LogP contribution in [0.5, 0.6) is 11.5 Å². The molecular formula is C13H16O6S. The first-order valence-electron chi connectivity index (χ1n) is 5.76. The Labute approximate surface area is 120 Å². The van der Waals surface area contributed by atoms with Crippen LogP contribution in [0.1, 0.15) is 28.9 Å². The fraction of sp³-hybridized carbons (Fsp3) is 0.385. The van der Waals surface area contributed by atoms with Gasteiger partial charge in [-0.15, -0.1) is 0 Å². The number of carbonyl (C=O) groups is 2. The van der Waals surface area contributed by atoms with Gasteiger partial charge in [0.15, 0.2) is 22.9 Å². The number of carbonyl (C=O) groups excluding carboxylic acids is 2. The molecule has 0 aliphatic heterocycles. The Morgan fingerprint density at radius 3 is 2.60 bits per heavy atom. The van der Waals surface area contributed by atoms with Crippen molar-refractivity contribution < 1.29 is 29.6 Å². The molecule has 0 saturated carbocycles. The molecule has 20 heavy (non-hydrogen) atoms. The molecule has 2 unspecified atom stereocenters. The minimum Gasteiger partial charge on any atom is -0.504 e. The number of phenols is 1. The predicted octanol–water partition coefficient (Wildman–Crippen LogP) is 0.887. The number of hydrogen-bond donors (Lipinski definition) is 3. The van der Waals surface area contributed by atoms with Gasteiger partial charge in [0.25, 0.3) is 0 Å². The van der Waals surface area contributed by atoms with Gasteiger partial charge in [0.05, 0.1) is 13.2 Å². The quantitative estimate of drug-likeness (QED) is 0.670. The SMILES string of the molecule is COc1cc(C=O)c(C(O)C(O)CSC(C)=O)cc1O. The Morgan fingerprint density at radius 2 is 2.10 bits per heavy atom. The average molecular weight is 300 g/mol. The number of rotatable bonds is 6. The average Bonchev–Trinajstić information content (AvgIpc) is 2.43. The van der Waals surface area contributed by atoms with Crippen LogP contribution < -0.4 is 4.74 Å². The fourth-order valence-corrected chi connectivity index (χ4v) is 2.21. The molecule has 0 aliphatic carbocycles. The highest BCUT2D eigenvalue weighted by atomic mass is 32.2. The van der Waals surface area contributed by atoms with Gasteiger partial charge in [0, 0.05) is 18.2 Å². The van der Waals surface area contributed by atoms with Crippen LogP contribution in [-0.2, 0) is 4.79 Å². The van der Waals surface area contributed by atoms with E-state index in [1.54, 1.807) is 0 Å². The van der Waals surface area contributed by atoms with Crippen LogP contribution in [0.3, 0.4) is 0 Å². The Bertz CT molecular complexity index is 502. The number of methoxy groups -OCH3 is 1. The largest absolute Gasteiger partial charge is 0.504 e. The highest BCUT2D eigenvalue weighted by molar-refractivity contribution is 8.13. The minimum atomic E-state index is -1.39. The minimum absolute atomic E-state index is 0.0123. The second-order valence-electron chi connectivity index (χ2n) is 4.09. The van der Waals surface area contributed by atoms with Gasteiger partial charge in [-0.1, -0.05) is 11.8 Å². The van der Waals surface area contributed by atoms with Crippen LogP contribution in [0.4, 0.5) is 0 Å². The van der Waals surface area contributed by atoms with Crippen molar-refractivity contribution in [1.82, 2.24) is 0 Å². The maximum Gasteiger partial charge on any atom is 0.185 e. The van der Waals surface area contributed by atoms with Crippen LogP contribution in [0.15, 0.2) is 12.1 Å². The topological polar surface area (TPSA) is 104 Å². The summed E-state index contributed by atoms with van der Waals surface area (Å²) in [5.41, 5.74) is 0.175. The maximum absolute atomic E-state index is 11.0. The summed E-state index contributed by atoms with van der Waals surface area (Å²) >= 11 is 0.863. The summed E-state index contributed by atoms with van der Waals surface area (Å²) in [5.74, 6) is -0.170. The first kappa shape index (κ1) is 16.5. The summed E-state index contributed by atoms with van der Waals surface area (Å²) in [7, 11) is 1.33. The molecule has 2 atom stereocenters. The Balaban J connectivity index is 3.02. The molecule has 0 aromatic heterocycles. The second-order valence-corrected chi connectivity index (χ2v) is 5.28. The summed E-state index contributed by atoms with van der Waals surface area (Å²) < 4.78 is 4.86. The Morgan fingerprint density at radius 1 is 1.45 bits per heavy atom. The van der Waals surface area contributed by atoms with Crippen molar-refractivity contribution in [1.29, 1.82) is 0 Å². The zero-order valence-electron chi connectivity index (χ0n) is 11.1. The second kappa shape index (κ2) is 7.28. The van der Waals surface area contributed by atoms with Crippen molar-refractivity contribution in [3.05, 3.63) is 23.3 Å². The van der Waals surface area contributed by atoms with Gasteiger partial charge >= 0.3 is 0 Å². The lowest BCUT2D eigenvalue weighted by molar-refractivity contribution is -0.109. The normalized spacial score (nSPS) is 13.6. The van der Waals surface area contributed by atoms with E-state index in [2.05, 4.69) is 0 Å². The first-order chi connectivity index (χ1) is 9.40. The van der Waals surface area contributed by atoms with Gasteiger partial charge in [-0.2, -0.15) is 0 Å². The molecule has 0 fully saturated rings. The van der Waals surface area contributed by atoms with Crippen molar-refractivity contribution in [2.24, 2.45) is 0 Å². The van der Waals surface area contributed by atoms with E-state index in [9.17, 15) is 24.9 Å². The highest BCUT2D eigenvalue weighted by Gasteiger charge is 2.23. The molecule has 6 nitrogen and oxygen atoms in total. The van der Waals surface area contributed by atoms with Gasteiger partial charge < -0.3 is 20.1 Å². The van der Waals surface area contributed by atoms with Crippen molar-refractivity contribution >= 4 is 23.2 Å². The van der Waals surface area contributed by atoms with Gasteiger partial charge in [-0.05, 0) is 17.7 Å². The molecule has 0 saturated heterocycles. The first-order valence-corrected chi connectivity index (χ1v) is 6.74. The number of aldehydes is 1. The van der Waals surface area contributed by atoms with E-state index in [1.807, 2.05) is 0 Å². The third kappa shape index (κ3) is 3.96. The number of benzene rings is 1. The van der Waals surface area contributed by atoms with Crippen LogP contribution in [-0.4, -0.2) is 45.7 Å². The molecule has 0 heterocycles. The predicted molar refractivity (Wildman–Crippen MR) is 74.2 cm³/mol. The lowest BCUT2D eigenvalue weighted by Crippen LogP contribution is -2.22. The Kier molecular flexibility index (Phi) is 6.00. The van der Waals surface area contributed by atoms with Crippen LogP contribution in [0.25, 0.3) is 0 Å². The van der Waals surface area contributed by atoms with E-state index in [-0.39, 0.29) is 33.5 Å². The van der Waals surface area contributed by atoms with Gasteiger partial charge in [0.1, 0.15) is 6.10 Å². The summed E-state index contributed by atoms with van der Waals surface area (Å²) in [6.45, 7) is 1.35. The van der Waals surface area contributed by atoms with Crippen molar-refractivity contribution in [2.45, 2.75) is 19.1 Å². The molecular weight excluding hydrogens is 284 g/mol. The zero-order chi connectivity index (χ0) is 15.3. The summed E-state index contributed by atoms with van der Waals surface area (Å²) in [6, 6.07) is 2.43. The van der Waals surface area contributed by atoms with E-state index in [1.165, 1.54) is 20.1 Å². The van der Waals surface area contributed by atoms with Crippen molar-refractivity contribution in [3.63, 3.8) is 0 Å². The molecule has 1 rings (SSSR count). The molecule has 0 bridgehead atoms. The van der Waals surface area contributed by atoms with Gasteiger partial charge in [0.2, 0.25) is 0 Å². The monoisotopic (exact) mass is 300 g/mol. The van der Waals surface area contributed by atoms with E-state index in [4.69, 9.17) is 4.74 Å². The summed E-state index contributed by atoms with van der Waals surface area (Å²) in [4.78, 5) is 21.8. The lowest BCUT2D eigenvalue weighted by Gasteiger charge is -2.19. The standard InChI is InChI=1S/C13H16O6S/c1-7(15)20-6-11(17)13(18)9-4-10(16)12(19-2)3-8(9)5-14/h3-5,11,13,16-18H,6H2,1-2H3. The summed E-state index contributed by atoms with van der Waals surface area (Å²) in [6.07, 6.45) is -2.14. The molecule has 7 heteroatoms. The number of aliphatic hydroxyl groups excluding tert-OH is 2. The number of aromatic hydroxyl groups is 1. The smallest absolute Gasteiger partial charge is 0.185 e. The van der Waals surface area contributed by atoms with E-state index in [0.717, 1.165) is 17.8 Å². The van der Waals surface area contributed by atoms with Crippen LogP contribution in [0, 0.1) is 0 Å². The molecule has 0 amide bonds. The van der Waals surface area contributed by atoms with E-state index in [0.29, 0.717) is 6.29 Å². The van der Waals surface area contributed by atoms with Crippen molar-refractivity contribution in [3.8, 4) is 11.5 Å². The summed E-state index contributed by atoms with van der Waals surface area (Å²) in [5, 5.41) is 29.3. The fourth-order valence-electron chi connectivity index (χ4n) is 1.62. The van der Waals surface area contributed by atoms with Crippen LogP contribution >= 0.6 is 11.8 Å². The molecule has 0 radical (unpaired) electrons. The number of phenolic OH excluding ortho intramolecular Hbond substituents is 1. The molecule has 1 aromatic rings. The number of aliphatic hydroxyl groups is 2. The third-order valence-corrected chi connectivity index (χ3v) is 3.57. The van der Waals surface area contributed by atoms with Gasteiger partial charge in [-0.25, -0.2) is 0 Å². The molecule has 3 N–H and O–H groups in total. The Hall–Kier alpha value is -1.57. The van der Waals surface area contributed by atoms with Crippen molar-refractivity contribution in [2.75, 3.05) is 12.9 Å². The highest BCUT2D eigenvalue weighted by Crippen LogP contribution is 2.33. The molecule has 110 valence electrons. The molecule has 0 aliphatic rings. The van der Waals surface area contributed by atoms with Gasteiger partial charge in [-0.3, -0.25) is 9.59 Å². The van der Waals surface area contributed by atoms with E-state index < -0.39 is 12.2 Å². The number of thioether (sulfide) groups is 1. The lowest BCUT2D eigenvalue weighted by atomic mass is 9.99.